The number of carbonyl (C=O) groups is 1. The minimum atomic E-state index is -1.17. The topological polar surface area (TPSA) is 122 Å². The van der Waals surface area contributed by atoms with Crippen LogP contribution >= 0.6 is 0 Å². The lowest BCUT2D eigenvalue weighted by molar-refractivity contribution is 0.111. The first kappa shape index (κ1) is 20.2. The van der Waals surface area contributed by atoms with E-state index in [0.29, 0.717) is 12.8 Å². The summed E-state index contributed by atoms with van der Waals surface area (Å²) in [7, 11) is 1.76. The van der Waals surface area contributed by atoms with E-state index in [9.17, 15) is 14.7 Å². The molecule has 9 heteroatoms. The molecule has 3 heterocycles. The van der Waals surface area contributed by atoms with Crippen molar-refractivity contribution in [1.82, 2.24) is 19.1 Å². The van der Waals surface area contributed by atoms with Crippen LogP contribution in [0.25, 0.3) is 33.1 Å². The number of aliphatic hydroxyl groups excluding tert-OH is 1. The van der Waals surface area contributed by atoms with Crippen molar-refractivity contribution in [3.8, 4) is 11.1 Å². The Hall–Kier alpha value is -3.72. The van der Waals surface area contributed by atoms with Crippen LogP contribution in [0.15, 0.2) is 47.5 Å². The normalized spacial score (nSPS) is 18.8. The number of carboxylic acid groups (broad SMARTS) is 1. The number of nitrogens with one attached hydrogen (secondary N) is 1. The average molecular weight is 433 g/mol. The zero-order valence-corrected chi connectivity index (χ0v) is 17.5. The van der Waals surface area contributed by atoms with Gasteiger partial charge in [0.05, 0.1) is 28.9 Å². The molecule has 1 aliphatic carbocycles. The molecule has 3 aromatic heterocycles. The Balaban J connectivity index is 1.66. The number of hydrogen-bond donors (Lipinski definition) is 3. The smallest absolute Gasteiger partial charge is 0.410 e. The summed E-state index contributed by atoms with van der Waals surface area (Å²) in [4.78, 5) is 32.7. The van der Waals surface area contributed by atoms with Crippen LogP contribution in [0.3, 0.4) is 0 Å². The van der Waals surface area contributed by atoms with Crippen LogP contribution < -0.4 is 11.0 Å². The third kappa shape index (κ3) is 3.40. The van der Waals surface area contributed by atoms with Gasteiger partial charge in [0.1, 0.15) is 5.82 Å². The molecular weight excluding hydrogens is 410 g/mol. The summed E-state index contributed by atoms with van der Waals surface area (Å²) in [6.07, 6.45) is 4.77. The molecular formula is C23H23N5O4. The first-order chi connectivity index (χ1) is 15.4. The second-order valence-electron chi connectivity index (χ2n) is 8.26. The number of hydrogen-bond acceptors (Lipinski definition) is 5. The molecule has 0 unspecified atom stereocenters. The molecule has 4 aromatic rings. The number of anilines is 1. The summed E-state index contributed by atoms with van der Waals surface area (Å²) in [5.41, 5.74) is 4.04. The monoisotopic (exact) mass is 433 g/mol. The van der Waals surface area contributed by atoms with Crippen molar-refractivity contribution in [2.45, 2.75) is 37.8 Å². The van der Waals surface area contributed by atoms with Gasteiger partial charge in [-0.1, -0.05) is 6.07 Å². The van der Waals surface area contributed by atoms with Crippen molar-refractivity contribution in [1.29, 1.82) is 0 Å². The van der Waals surface area contributed by atoms with Crippen LogP contribution in [0.1, 0.15) is 31.7 Å². The lowest BCUT2D eigenvalue weighted by Crippen LogP contribution is -2.29. The van der Waals surface area contributed by atoms with E-state index in [-0.39, 0.29) is 23.7 Å². The number of imidazole rings is 1. The van der Waals surface area contributed by atoms with Crippen molar-refractivity contribution in [3.05, 3.63) is 53.2 Å². The Labute approximate surface area is 183 Å². The predicted octanol–water partition coefficient (Wildman–Crippen LogP) is 3.52. The number of aryl methyl sites for hydroxylation is 1. The maximum atomic E-state index is 13.2. The van der Waals surface area contributed by atoms with Crippen LogP contribution in [-0.4, -0.2) is 41.5 Å². The van der Waals surface area contributed by atoms with E-state index in [4.69, 9.17) is 5.11 Å². The second-order valence-corrected chi connectivity index (χ2v) is 8.26. The molecule has 164 valence electrons. The van der Waals surface area contributed by atoms with Crippen molar-refractivity contribution in [2.75, 3.05) is 5.32 Å². The molecule has 0 radical (unpaired) electrons. The molecule has 0 bridgehead atoms. The minimum absolute atomic E-state index is 0.0342. The molecule has 5 rings (SSSR count). The molecule has 0 aliphatic heterocycles. The zero-order valence-electron chi connectivity index (χ0n) is 17.5. The van der Waals surface area contributed by atoms with E-state index >= 15 is 0 Å². The number of fused-ring (bicyclic) bond motifs is 3. The van der Waals surface area contributed by atoms with E-state index in [1.54, 1.807) is 36.1 Å². The fourth-order valence-corrected chi connectivity index (χ4v) is 4.61. The third-order valence-electron chi connectivity index (χ3n) is 6.28. The van der Waals surface area contributed by atoms with Gasteiger partial charge in [0.25, 0.3) is 0 Å². The third-order valence-corrected chi connectivity index (χ3v) is 6.28. The number of pyridine rings is 2. The highest BCUT2D eigenvalue weighted by molar-refractivity contribution is 6.04. The van der Waals surface area contributed by atoms with Crippen LogP contribution in [0.5, 0.6) is 0 Å². The Morgan fingerprint density at radius 3 is 2.50 bits per heavy atom. The number of nitrogens with zero attached hydrogens (tertiary/aromatic N) is 4. The Bertz CT molecular complexity index is 1380. The van der Waals surface area contributed by atoms with Crippen molar-refractivity contribution in [3.63, 3.8) is 0 Å². The number of aliphatic hydroxyl groups is 1. The Morgan fingerprint density at radius 2 is 1.81 bits per heavy atom. The van der Waals surface area contributed by atoms with E-state index < -0.39 is 6.09 Å². The summed E-state index contributed by atoms with van der Waals surface area (Å²) >= 11 is 0. The van der Waals surface area contributed by atoms with Crippen molar-refractivity contribution >= 4 is 33.8 Å². The van der Waals surface area contributed by atoms with E-state index in [0.717, 1.165) is 45.9 Å². The molecule has 1 aliphatic rings. The van der Waals surface area contributed by atoms with Crippen LogP contribution in [0.4, 0.5) is 10.6 Å². The Morgan fingerprint density at radius 1 is 1.06 bits per heavy atom. The molecule has 32 heavy (non-hydrogen) atoms. The van der Waals surface area contributed by atoms with Gasteiger partial charge in [0.2, 0.25) is 0 Å². The number of benzene rings is 1. The van der Waals surface area contributed by atoms with E-state index in [1.807, 2.05) is 22.8 Å². The first-order valence-corrected chi connectivity index (χ1v) is 10.6. The molecule has 1 aromatic carbocycles. The van der Waals surface area contributed by atoms with Gasteiger partial charge in [0, 0.05) is 30.2 Å². The standard InChI is InChI=1S/C23H23N5O4/c1-27-19-12-24-18-8-2-13(14-3-9-20(25-11-14)26-22(30)31)10-17(18)21(19)28(23(27)32)15-4-6-16(29)7-5-15/h2-3,8-12,15-16,29H,4-7H2,1H3,(H,25,26)(H,30,31)/t15-,16-. The first-order valence-electron chi connectivity index (χ1n) is 10.6. The van der Waals surface area contributed by atoms with Crippen LogP contribution in [0.2, 0.25) is 0 Å². The van der Waals surface area contributed by atoms with Gasteiger partial charge in [-0.3, -0.25) is 19.4 Å². The highest BCUT2D eigenvalue weighted by Gasteiger charge is 2.26. The summed E-state index contributed by atoms with van der Waals surface area (Å²) in [5.74, 6) is 0.252. The Kier molecular flexibility index (Phi) is 4.90. The molecule has 3 N–H and O–H groups in total. The van der Waals surface area contributed by atoms with Crippen LogP contribution in [0, 0.1) is 0 Å². The van der Waals surface area contributed by atoms with Crippen LogP contribution in [-0.2, 0) is 7.05 Å². The maximum absolute atomic E-state index is 13.2. The SMILES string of the molecule is Cn1c(=O)n([C@H]2CC[C@H](O)CC2)c2c3cc(-c4ccc(NC(=O)O)nc4)ccc3ncc21. The number of aromatic nitrogens is 4. The van der Waals surface area contributed by atoms with Gasteiger partial charge in [-0.15, -0.1) is 0 Å². The summed E-state index contributed by atoms with van der Waals surface area (Å²) < 4.78 is 3.50. The minimum Gasteiger partial charge on any atom is -0.465 e. The molecule has 0 atom stereocenters. The fraction of sp³-hybridized carbons (Fsp3) is 0.304. The number of rotatable bonds is 3. The van der Waals surface area contributed by atoms with E-state index in [2.05, 4.69) is 15.3 Å². The summed E-state index contributed by atoms with van der Waals surface area (Å²) in [6.45, 7) is 0. The largest absolute Gasteiger partial charge is 0.465 e. The molecule has 1 saturated carbocycles. The molecule has 9 nitrogen and oxygen atoms in total. The quantitative estimate of drug-likeness (QED) is 0.454. The van der Waals surface area contributed by atoms with Crippen molar-refractivity contribution in [2.24, 2.45) is 7.05 Å². The fourth-order valence-electron chi connectivity index (χ4n) is 4.61. The molecule has 0 spiro atoms. The van der Waals surface area contributed by atoms with Gasteiger partial charge in [0.15, 0.2) is 0 Å². The molecule has 1 fully saturated rings. The van der Waals surface area contributed by atoms with Gasteiger partial charge in [-0.05, 0) is 55.5 Å². The highest BCUT2D eigenvalue weighted by atomic mass is 16.4. The van der Waals surface area contributed by atoms with Gasteiger partial charge >= 0.3 is 11.8 Å². The summed E-state index contributed by atoms with van der Waals surface area (Å²) in [6, 6.07) is 9.29. The predicted molar refractivity (Wildman–Crippen MR) is 121 cm³/mol. The second kappa shape index (κ2) is 7.76. The van der Waals surface area contributed by atoms with E-state index in [1.165, 1.54) is 0 Å². The molecule has 1 amide bonds. The summed E-state index contributed by atoms with van der Waals surface area (Å²) in [5, 5.41) is 21.9. The van der Waals surface area contributed by atoms with Crippen molar-refractivity contribution < 1.29 is 15.0 Å². The lowest BCUT2D eigenvalue weighted by atomic mass is 9.92. The molecule has 0 saturated heterocycles. The average Bonchev–Trinajstić information content (AvgIpc) is 3.05. The maximum Gasteiger partial charge on any atom is 0.410 e. The van der Waals surface area contributed by atoms with Gasteiger partial charge in [-0.25, -0.2) is 14.6 Å². The lowest BCUT2D eigenvalue weighted by Gasteiger charge is -2.26. The van der Waals surface area contributed by atoms with Gasteiger partial charge in [-0.2, -0.15) is 0 Å². The number of amides is 1. The highest BCUT2D eigenvalue weighted by Crippen LogP contribution is 2.34. The van der Waals surface area contributed by atoms with Gasteiger partial charge < -0.3 is 10.2 Å². The zero-order chi connectivity index (χ0) is 22.4.